The van der Waals surface area contributed by atoms with Gasteiger partial charge in [-0.05, 0) is 16.9 Å². The first-order valence-electron chi connectivity index (χ1n) is 2.02. The molecule has 2 rings (SSSR count). The van der Waals surface area contributed by atoms with E-state index in [1.165, 1.54) is 5.03 Å². The van der Waals surface area contributed by atoms with Crippen molar-refractivity contribution in [1.82, 2.24) is 9.19 Å². The topological polar surface area (TPSA) is 17.8 Å². The van der Waals surface area contributed by atoms with Gasteiger partial charge >= 0.3 is 0 Å². The van der Waals surface area contributed by atoms with E-state index in [-0.39, 0.29) is 0 Å². The predicted molar refractivity (Wildman–Crippen MR) is 38.7 cm³/mol. The third-order valence-electron chi connectivity index (χ3n) is 0.798. The van der Waals surface area contributed by atoms with Crippen molar-refractivity contribution in [2.24, 2.45) is 0 Å². The summed E-state index contributed by atoms with van der Waals surface area (Å²) in [4.78, 5) is 0. The Morgan fingerprint density at radius 2 is 2.62 bits per heavy atom. The number of fused-ring (bicyclic) bond motifs is 1. The van der Waals surface area contributed by atoms with Gasteiger partial charge in [0.05, 0.1) is 17.2 Å². The van der Waals surface area contributed by atoms with E-state index >= 15 is 0 Å². The first kappa shape index (κ1) is 5.08. The molecule has 0 bridgehead atoms. The molecule has 0 radical (unpaired) electrons. The molecule has 0 aliphatic carbocycles. The molecule has 0 N–H and O–H groups in total. The van der Waals surface area contributed by atoms with Crippen molar-refractivity contribution in [2.75, 3.05) is 0 Å². The van der Waals surface area contributed by atoms with Crippen LogP contribution in [0.25, 0.3) is 0 Å². The van der Waals surface area contributed by atoms with Crippen LogP contribution in [-0.4, -0.2) is 9.19 Å². The summed E-state index contributed by atoms with van der Waals surface area (Å²) in [5.41, 5.74) is 0. The third-order valence-corrected chi connectivity index (χ3v) is 4.44. The minimum atomic E-state index is 1.24. The van der Waals surface area contributed by atoms with E-state index in [2.05, 4.69) is 5.10 Å². The zero-order chi connectivity index (χ0) is 5.40. The van der Waals surface area contributed by atoms with Crippen LogP contribution in [0.3, 0.4) is 0 Å². The van der Waals surface area contributed by atoms with E-state index in [1.807, 2.05) is 16.4 Å². The van der Waals surface area contributed by atoms with Gasteiger partial charge < -0.3 is 0 Å². The van der Waals surface area contributed by atoms with Gasteiger partial charge in [-0.2, -0.15) is 9.19 Å². The van der Waals surface area contributed by atoms with Gasteiger partial charge in [-0.25, -0.2) is 0 Å². The van der Waals surface area contributed by atoms with Crippen LogP contribution in [0.1, 0.15) is 0 Å². The second kappa shape index (κ2) is 1.89. The third kappa shape index (κ3) is 0.655. The number of aromatic nitrogens is 2. The SMILES string of the molecule is c1cc2n(n1)SSS2. The van der Waals surface area contributed by atoms with Crippen LogP contribution in [-0.2, 0) is 0 Å². The van der Waals surface area contributed by atoms with Crippen LogP contribution in [0.5, 0.6) is 0 Å². The standard InChI is InChI=1S/C3H2N2S3/c1-2-4-5-3(1)6-8-7-5/h1-2H. The molecule has 2 heterocycles. The van der Waals surface area contributed by atoms with Crippen molar-refractivity contribution in [3.8, 4) is 0 Å². The first-order chi connectivity index (χ1) is 3.97. The zero-order valence-electron chi connectivity index (χ0n) is 3.77. The molecule has 0 saturated heterocycles. The molecule has 8 heavy (non-hydrogen) atoms. The van der Waals surface area contributed by atoms with E-state index in [1.54, 1.807) is 31.6 Å². The molecule has 0 unspecified atom stereocenters. The summed E-state index contributed by atoms with van der Waals surface area (Å²) in [5, 5.41) is 5.27. The van der Waals surface area contributed by atoms with Gasteiger partial charge in [-0.1, -0.05) is 0 Å². The number of nitrogens with zero attached hydrogens (tertiary/aromatic N) is 2. The van der Waals surface area contributed by atoms with Crippen molar-refractivity contribution in [1.29, 1.82) is 0 Å². The smallest absolute Gasteiger partial charge is 0.119 e. The van der Waals surface area contributed by atoms with Crippen molar-refractivity contribution in [3.05, 3.63) is 12.3 Å². The molecule has 1 aliphatic rings. The fourth-order valence-corrected chi connectivity index (χ4v) is 4.22. The quantitative estimate of drug-likeness (QED) is 0.543. The van der Waals surface area contributed by atoms with Crippen LogP contribution in [0.4, 0.5) is 0 Å². The highest BCUT2D eigenvalue weighted by Crippen LogP contribution is 2.48. The van der Waals surface area contributed by atoms with Gasteiger partial charge in [-0.3, -0.25) is 0 Å². The Morgan fingerprint density at radius 1 is 1.62 bits per heavy atom. The minimum Gasteiger partial charge on any atom is -0.188 e. The zero-order valence-corrected chi connectivity index (χ0v) is 6.22. The lowest BCUT2D eigenvalue weighted by Crippen LogP contribution is -1.79. The summed E-state index contributed by atoms with van der Waals surface area (Å²) < 4.78 is 1.91. The Balaban J connectivity index is 2.54. The van der Waals surface area contributed by atoms with Gasteiger partial charge in [0.1, 0.15) is 5.03 Å². The lowest BCUT2D eigenvalue weighted by atomic mass is 10.8. The summed E-state index contributed by atoms with van der Waals surface area (Å²) in [5.74, 6) is 0. The van der Waals surface area contributed by atoms with Crippen molar-refractivity contribution < 1.29 is 0 Å². The minimum absolute atomic E-state index is 1.24. The molecule has 0 aromatic carbocycles. The van der Waals surface area contributed by atoms with E-state index in [4.69, 9.17) is 0 Å². The highest BCUT2D eigenvalue weighted by molar-refractivity contribution is 9.10. The Bertz CT molecular complexity index is 178. The molecule has 0 fully saturated rings. The van der Waals surface area contributed by atoms with E-state index < -0.39 is 0 Å². The summed E-state index contributed by atoms with van der Waals surface area (Å²) in [6.07, 6.45) is 1.81. The van der Waals surface area contributed by atoms with Crippen molar-refractivity contribution >= 4 is 31.6 Å². The molecule has 42 valence electrons. The maximum Gasteiger partial charge on any atom is 0.119 e. The highest BCUT2D eigenvalue weighted by Gasteiger charge is 2.11. The highest BCUT2D eigenvalue weighted by atomic mass is 33.5. The van der Waals surface area contributed by atoms with Gasteiger partial charge in [0, 0.05) is 9.83 Å². The lowest BCUT2D eigenvalue weighted by molar-refractivity contribution is 0.936. The largest absolute Gasteiger partial charge is 0.188 e. The monoisotopic (exact) mass is 162 g/mol. The summed E-state index contributed by atoms with van der Waals surface area (Å²) in [7, 11) is 5.16. The van der Waals surface area contributed by atoms with E-state index in [0.717, 1.165) is 0 Å². The van der Waals surface area contributed by atoms with Gasteiger partial charge in [0.2, 0.25) is 0 Å². The van der Waals surface area contributed by atoms with Crippen LogP contribution in [0.2, 0.25) is 0 Å². The van der Waals surface area contributed by atoms with Crippen LogP contribution in [0.15, 0.2) is 17.3 Å². The average molecular weight is 162 g/mol. The Hall–Kier alpha value is 0.260. The molecule has 0 spiro atoms. The number of rotatable bonds is 0. The number of hydrogen-bond acceptors (Lipinski definition) is 4. The van der Waals surface area contributed by atoms with E-state index in [0.29, 0.717) is 0 Å². The molecule has 1 aliphatic heterocycles. The fraction of sp³-hybridized carbons (Fsp3) is 0. The molecule has 5 heteroatoms. The first-order valence-corrected chi connectivity index (χ1v) is 5.46. The van der Waals surface area contributed by atoms with Crippen molar-refractivity contribution in [2.45, 2.75) is 5.03 Å². The second-order valence-corrected chi connectivity index (χ2v) is 5.06. The van der Waals surface area contributed by atoms with Crippen LogP contribution >= 0.6 is 31.6 Å². The van der Waals surface area contributed by atoms with Gasteiger partial charge in [0.15, 0.2) is 0 Å². The Kier molecular flexibility index (Phi) is 1.20. The Labute approximate surface area is 58.3 Å². The predicted octanol–water partition coefficient (Wildman–Crippen LogP) is 2.05. The number of hydrogen-bond donors (Lipinski definition) is 0. The van der Waals surface area contributed by atoms with Gasteiger partial charge in [-0.15, -0.1) is 0 Å². The average Bonchev–Trinajstić information content (AvgIpc) is 2.15. The summed E-state index contributed by atoms with van der Waals surface area (Å²) in [6, 6.07) is 2.01. The van der Waals surface area contributed by atoms with Crippen molar-refractivity contribution in [3.63, 3.8) is 0 Å². The van der Waals surface area contributed by atoms with Gasteiger partial charge in [0.25, 0.3) is 0 Å². The molecule has 0 saturated carbocycles. The van der Waals surface area contributed by atoms with Crippen LogP contribution < -0.4 is 0 Å². The van der Waals surface area contributed by atoms with Crippen LogP contribution in [0, 0.1) is 0 Å². The molecular formula is C3H2N2S3. The maximum absolute atomic E-state index is 4.03. The second-order valence-electron chi connectivity index (χ2n) is 1.27. The molecule has 1 aromatic rings. The fourth-order valence-electron chi connectivity index (χ4n) is 0.473. The molecule has 0 atom stereocenters. The molecule has 2 nitrogen and oxygen atoms in total. The summed E-state index contributed by atoms with van der Waals surface area (Å²) in [6.45, 7) is 0. The maximum atomic E-state index is 4.03. The normalized spacial score (nSPS) is 16.5. The Morgan fingerprint density at radius 3 is 3.50 bits per heavy atom. The summed E-state index contributed by atoms with van der Waals surface area (Å²) >= 11 is 0. The van der Waals surface area contributed by atoms with E-state index in [9.17, 15) is 0 Å². The molecular weight excluding hydrogens is 160 g/mol. The lowest BCUT2D eigenvalue weighted by Gasteiger charge is -1.82. The molecule has 0 amide bonds. The molecule has 1 aromatic heterocycles.